The van der Waals surface area contributed by atoms with E-state index in [4.69, 9.17) is 0 Å². The number of hydrogen-bond acceptors (Lipinski definition) is 3. The molecule has 100 valence electrons. The van der Waals surface area contributed by atoms with Crippen LogP contribution in [0.15, 0.2) is 11.4 Å². The van der Waals surface area contributed by atoms with E-state index >= 15 is 0 Å². The normalized spacial score (nSPS) is 26.6. The quantitative estimate of drug-likeness (QED) is 0.738. The van der Waals surface area contributed by atoms with Crippen molar-refractivity contribution in [3.63, 3.8) is 0 Å². The summed E-state index contributed by atoms with van der Waals surface area (Å²) in [6.07, 6.45) is 2.38. The molecule has 2 aliphatic rings. The Hall–Kier alpha value is 0.150. The van der Waals surface area contributed by atoms with Gasteiger partial charge in [0.15, 0.2) is 0 Å². The first-order valence-corrected chi connectivity index (χ1v) is 7.88. The number of likely N-dealkylation sites (tertiary alicyclic amines) is 1. The van der Waals surface area contributed by atoms with Gasteiger partial charge in [-0.05, 0) is 48.0 Å². The third kappa shape index (κ3) is 2.69. The lowest BCUT2D eigenvalue weighted by molar-refractivity contribution is 0.0776. The van der Waals surface area contributed by atoms with Crippen LogP contribution in [-0.2, 0) is 0 Å². The molecular formula is C12H16ClIN2OS. The van der Waals surface area contributed by atoms with E-state index < -0.39 is 0 Å². The second kappa shape index (κ2) is 5.64. The van der Waals surface area contributed by atoms with Crippen LogP contribution in [0.2, 0.25) is 0 Å². The highest BCUT2D eigenvalue weighted by Gasteiger charge is 2.41. The number of amides is 1. The Morgan fingerprint density at radius 1 is 1.50 bits per heavy atom. The second-order valence-corrected chi connectivity index (χ2v) is 7.85. The predicted octanol–water partition coefficient (Wildman–Crippen LogP) is 2.60. The van der Waals surface area contributed by atoms with Gasteiger partial charge in [-0.1, -0.05) is 0 Å². The maximum Gasteiger partial charge on any atom is 0.254 e. The number of carbonyl (C=O) groups excluding carboxylic acids is 1. The van der Waals surface area contributed by atoms with Gasteiger partial charge in [0, 0.05) is 30.4 Å². The molecule has 0 aromatic carbocycles. The molecule has 0 radical (unpaired) electrons. The molecule has 6 heteroatoms. The van der Waals surface area contributed by atoms with Crippen LogP contribution in [0.25, 0.3) is 0 Å². The molecular weight excluding hydrogens is 383 g/mol. The fourth-order valence-electron chi connectivity index (χ4n) is 2.86. The van der Waals surface area contributed by atoms with Crippen molar-refractivity contribution >= 4 is 52.2 Å². The molecule has 0 saturated carbocycles. The molecule has 1 atom stereocenters. The minimum absolute atomic E-state index is 0. The van der Waals surface area contributed by atoms with Crippen molar-refractivity contribution in [3.05, 3.63) is 19.9 Å². The summed E-state index contributed by atoms with van der Waals surface area (Å²) >= 11 is 3.91. The number of nitrogens with one attached hydrogen (secondary N) is 1. The molecule has 1 aromatic heterocycles. The zero-order valence-corrected chi connectivity index (χ0v) is 13.7. The summed E-state index contributed by atoms with van der Waals surface area (Å²) in [5.74, 6) is 0.216. The van der Waals surface area contributed by atoms with Crippen molar-refractivity contribution in [3.8, 4) is 0 Å². The van der Waals surface area contributed by atoms with Crippen LogP contribution in [0.3, 0.4) is 0 Å². The molecule has 1 unspecified atom stereocenters. The molecule has 1 spiro atoms. The minimum atomic E-state index is 0. The molecule has 1 aromatic rings. The summed E-state index contributed by atoms with van der Waals surface area (Å²) < 4.78 is 1.18. The van der Waals surface area contributed by atoms with Crippen molar-refractivity contribution < 1.29 is 4.79 Å². The standard InChI is InChI=1S/C12H15IN2OS.ClH/c13-10-5-9(6-17-10)11(16)15-4-2-12(8-15)1-3-14-7-12;/h5-6,14H,1-4,7-8H2;1H. The van der Waals surface area contributed by atoms with Gasteiger partial charge in [-0.3, -0.25) is 4.79 Å². The second-order valence-electron chi connectivity index (χ2n) is 5.04. The van der Waals surface area contributed by atoms with Crippen LogP contribution in [0.4, 0.5) is 0 Å². The van der Waals surface area contributed by atoms with E-state index in [1.54, 1.807) is 11.3 Å². The first-order valence-electron chi connectivity index (χ1n) is 5.93. The molecule has 2 saturated heterocycles. The average Bonchev–Trinajstić information content (AvgIpc) is 3.02. The van der Waals surface area contributed by atoms with E-state index in [1.807, 2.05) is 16.3 Å². The summed E-state index contributed by atoms with van der Waals surface area (Å²) in [5, 5.41) is 5.40. The molecule has 3 heterocycles. The van der Waals surface area contributed by atoms with E-state index in [9.17, 15) is 4.79 Å². The van der Waals surface area contributed by atoms with Gasteiger partial charge in [0.25, 0.3) is 5.91 Å². The zero-order valence-electron chi connectivity index (χ0n) is 9.95. The van der Waals surface area contributed by atoms with Gasteiger partial charge in [0.05, 0.1) is 8.45 Å². The highest BCUT2D eigenvalue weighted by Crippen LogP contribution is 2.36. The van der Waals surface area contributed by atoms with Gasteiger partial charge in [-0.2, -0.15) is 0 Å². The molecule has 1 amide bonds. The van der Waals surface area contributed by atoms with Crippen molar-refractivity contribution in [1.82, 2.24) is 10.2 Å². The molecule has 1 N–H and O–H groups in total. The molecule has 3 nitrogen and oxygen atoms in total. The predicted molar refractivity (Wildman–Crippen MR) is 84.7 cm³/mol. The van der Waals surface area contributed by atoms with Gasteiger partial charge in [0.1, 0.15) is 0 Å². The zero-order chi connectivity index (χ0) is 11.9. The number of nitrogens with zero attached hydrogens (tertiary/aromatic N) is 1. The first kappa shape index (κ1) is 14.6. The summed E-state index contributed by atoms with van der Waals surface area (Å²) in [5.41, 5.74) is 1.24. The third-order valence-electron chi connectivity index (χ3n) is 3.87. The average molecular weight is 399 g/mol. The van der Waals surface area contributed by atoms with Crippen LogP contribution in [-0.4, -0.2) is 37.0 Å². The summed E-state index contributed by atoms with van der Waals surface area (Å²) in [6.45, 7) is 4.05. The van der Waals surface area contributed by atoms with Crippen molar-refractivity contribution in [2.24, 2.45) is 5.41 Å². The highest BCUT2D eigenvalue weighted by molar-refractivity contribution is 14.1. The molecule has 18 heavy (non-hydrogen) atoms. The Morgan fingerprint density at radius 2 is 2.33 bits per heavy atom. The Bertz CT molecular complexity index is 445. The van der Waals surface area contributed by atoms with Gasteiger partial charge < -0.3 is 10.2 Å². The maximum atomic E-state index is 12.3. The van der Waals surface area contributed by atoms with Gasteiger partial charge in [-0.15, -0.1) is 23.7 Å². The number of thiophene rings is 1. The van der Waals surface area contributed by atoms with Crippen LogP contribution in [0.5, 0.6) is 0 Å². The summed E-state index contributed by atoms with van der Waals surface area (Å²) in [7, 11) is 0. The SMILES string of the molecule is Cl.O=C(c1csc(I)c1)N1CCC2(CCNC2)C1. The Balaban J connectivity index is 0.00000120. The fourth-order valence-corrected chi connectivity index (χ4v) is 4.18. The molecule has 3 rings (SSSR count). The lowest BCUT2D eigenvalue weighted by atomic mass is 9.86. The van der Waals surface area contributed by atoms with E-state index in [0.29, 0.717) is 5.41 Å². The molecule has 2 fully saturated rings. The topological polar surface area (TPSA) is 32.3 Å². The monoisotopic (exact) mass is 398 g/mol. The Morgan fingerprint density at radius 3 is 2.94 bits per heavy atom. The largest absolute Gasteiger partial charge is 0.338 e. The van der Waals surface area contributed by atoms with Crippen LogP contribution in [0.1, 0.15) is 23.2 Å². The third-order valence-corrected chi connectivity index (χ3v) is 5.66. The molecule has 0 bridgehead atoms. The molecule has 2 aliphatic heterocycles. The smallest absolute Gasteiger partial charge is 0.254 e. The lowest BCUT2D eigenvalue weighted by Gasteiger charge is -2.22. The van der Waals surface area contributed by atoms with Crippen LogP contribution >= 0.6 is 46.3 Å². The van der Waals surface area contributed by atoms with E-state index in [1.165, 1.54) is 9.30 Å². The minimum Gasteiger partial charge on any atom is -0.338 e. The number of hydrogen-bond donors (Lipinski definition) is 1. The van der Waals surface area contributed by atoms with Gasteiger partial charge in [-0.25, -0.2) is 0 Å². The number of carbonyl (C=O) groups is 1. The van der Waals surface area contributed by atoms with E-state index in [0.717, 1.165) is 38.2 Å². The number of halogens is 2. The molecule has 0 aliphatic carbocycles. The van der Waals surface area contributed by atoms with Crippen molar-refractivity contribution in [2.45, 2.75) is 12.8 Å². The fraction of sp³-hybridized carbons (Fsp3) is 0.583. The maximum absolute atomic E-state index is 12.3. The highest BCUT2D eigenvalue weighted by atomic mass is 127. The van der Waals surface area contributed by atoms with Gasteiger partial charge >= 0.3 is 0 Å². The summed E-state index contributed by atoms with van der Waals surface area (Å²) in [4.78, 5) is 14.3. The Labute approximate surface area is 131 Å². The van der Waals surface area contributed by atoms with Crippen molar-refractivity contribution in [1.29, 1.82) is 0 Å². The van der Waals surface area contributed by atoms with Gasteiger partial charge in [0.2, 0.25) is 0 Å². The van der Waals surface area contributed by atoms with E-state index in [-0.39, 0.29) is 18.3 Å². The first-order chi connectivity index (χ1) is 8.19. The lowest BCUT2D eigenvalue weighted by Crippen LogP contribution is -2.33. The van der Waals surface area contributed by atoms with Crippen LogP contribution in [0, 0.1) is 8.30 Å². The summed E-state index contributed by atoms with van der Waals surface area (Å²) in [6, 6.07) is 1.99. The van der Waals surface area contributed by atoms with Crippen molar-refractivity contribution in [2.75, 3.05) is 26.2 Å². The van der Waals surface area contributed by atoms with Crippen LogP contribution < -0.4 is 5.32 Å². The Kier molecular flexibility index (Phi) is 4.57. The number of rotatable bonds is 1. The van der Waals surface area contributed by atoms with E-state index in [2.05, 4.69) is 27.9 Å².